The Morgan fingerprint density at radius 1 is 1.12 bits per heavy atom. The van der Waals surface area contributed by atoms with E-state index < -0.39 is 10.0 Å². The van der Waals surface area contributed by atoms with E-state index >= 15 is 0 Å². The van der Waals surface area contributed by atoms with Crippen molar-refractivity contribution >= 4 is 38.9 Å². The Hall–Kier alpha value is -2.25. The topological polar surface area (TPSA) is 78.5 Å². The summed E-state index contributed by atoms with van der Waals surface area (Å²) < 4.78 is 27.8. The van der Waals surface area contributed by atoms with Crippen molar-refractivity contribution in [3.05, 3.63) is 53.6 Å². The number of rotatable bonds is 4. The van der Waals surface area contributed by atoms with E-state index in [2.05, 4.69) is 10.0 Å². The molecule has 24 heavy (non-hydrogen) atoms. The van der Waals surface area contributed by atoms with Crippen LogP contribution < -0.4 is 14.9 Å². The minimum absolute atomic E-state index is 0.0844. The Morgan fingerprint density at radius 2 is 1.92 bits per heavy atom. The van der Waals surface area contributed by atoms with E-state index in [9.17, 15) is 13.2 Å². The number of anilines is 2. The van der Waals surface area contributed by atoms with Crippen LogP contribution in [0.3, 0.4) is 0 Å². The van der Waals surface area contributed by atoms with E-state index in [1.165, 1.54) is 12.1 Å². The fourth-order valence-electron chi connectivity index (χ4n) is 2.52. The van der Waals surface area contributed by atoms with Gasteiger partial charge in [0.15, 0.2) is 0 Å². The van der Waals surface area contributed by atoms with Gasteiger partial charge in [0.05, 0.1) is 22.8 Å². The Morgan fingerprint density at radius 3 is 2.67 bits per heavy atom. The van der Waals surface area contributed by atoms with Gasteiger partial charge < -0.3 is 10.2 Å². The van der Waals surface area contributed by atoms with Crippen LogP contribution in [0.4, 0.5) is 11.4 Å². The average molecular weight is 366 g/mol. The van der Waals surface area contributed by atoms with Gasteiger partial charge in [0.25, 0.3) is 10.0 Å². The molecule has 1 saturated heterocycles. The molecule has 0 aromatic heterocycles. The molecule has 0 bridgehead atoms. The Kier molecular flexibility index (Phi) is 4.64. The fourth-order valence-corrected chi connectivity index (χ4v) is 3.89. The van der Waals surface area contributed by atoms with Gasteiger partial charge in [-0.05, 0) is 30.3 Å². The first-order valence-electron chi connectivity index (χ1n) is 7.35. The molecule has 0 radical (unpaired) electrons. The molecule has 2 N–H and O–H groups in total. The Labute approximate surface area is 145 Å². The lowest BCUT2D eigenvalue weighted by Crippen LogP contribution is -2.47. The summed E-state index contributed by atoms with van der Waals surface area (Å²) in [6.07, 6.45) is 0. The SMILES string of the molecule is O=C1CN(c2ccccc2NS(=O)(=O)c2cccc(Cl)c2)CCN1. The molecular formula is C16H16ClN3O3S. The van der Waals surface area contributed by atoms with E-state index in [1.54, 1.807) is 36.4 Å². The second-order valence-electron chi connectivity index (χ2n) is 5.35. The molecule has 0 aliphatic carbocycles. The maximum atomic E-state index is 12.6. The van der Waals surface area contributed by atoms with Crippen molar-refractivity contribution in [2.45, 2.75) is 4.90 Å². The van der Waals surface area contributed by atoms with Crippen LogP contribution in [0.1, 0.15) is 0 Å². The van der Waals surface area contributed by atoms with Crippen LogP contribution in [-0.4, -0.2) is 34.0 Å². The molecule has 2 aromatic rings. The highest BCUT2D eigenvalue weighted by atomic mass is 35.5. The van der Waals surface area contributed by atoms with Crippen molar-refractivity contribution in [2.75, 3.05) is 29.3 Å². The number of piperazine rings is 1. The molecule has 1 aliphatic rings. The van der Waals surface area contributed by atoms with Crippen molar-refractivity contribution in [3.63, 3.8) is 0 Å². The van der Waals surface area contributed by atoms with Crippen molar-refractivity contribution in [2.24, 2.45) is 0 Å². The number of amides is 1. The highest BCUT2D eigenvalue weighted by Gasteiger charge is 2.21. The van der Waals surface area contributed by atoms with Crippen molar-refractivity contribution in [3.8, 4) is 0 Å². The molecule has 6 nitrogen and oxygen atoms in total. The fraction of sp³-hybridized carbons (Fsp3) is 0.188. The predicted octanol–water partition coefficient (Wildman–Crippen LogP) is 2.08. The number of carbonyl (C=O) groups excluding carboxylic acids is 1. The van der Waals surface area contributed by atoms with E-state index in [-0.39, 0.29) is 17.3 Å². The van der Waals surface area contributed by atoms with Gasteiger partial charge in [-0.2, -0.15) is 0 Å². The van der Waals surface area contributed by atoms with Crippen LogP contribution in [0, 0.1) is 0 Å². The minimum Gasteiger partial charge on any atom is -0.359 e. The largest absolute Gasteiger partial charge is 0.359 e. The maximum Gasteiger partial charge on any atom is 0.262 e. The molecule has 1 amide bonds. The Bertz CT molecular complexity index is 870. The third-order valence-electron chi connectivity index (χ3n) is 3.63. The third kappa shape index (κ3) is 3.63. The standard InChI is InChI=1S/C16H16ClN3O3S/c17-12-4-3-5-13(10-12)24(22,23)19-14-6-1-2-7-15(14)20-9-8-18-16(21)11-20/h1-7,10,19H,8-9,11H2,(H,18,21). The normalized spacial score (nSPS) is 15.0. The summed E-state index contributed by atoms with van der Waals surface area (Å²) in [7, 11) is -3.77. The summed E-state index contributed by atoms with van der Waals surface area (Å²) in [6, 6.07) is 13.1. The number of hydrogen-bond donors (Lipinski definition) is 2. The van der Waals surface area contributed by atoms with Crippen LogP contribution in [-0.2, 0) is 14.8 Å². The highest BCUT2D eigenvalue weighted by Crippen LogP contribution is 2.28. The van der Waals surface area contributed by atoms with Gasteiger partial charge in [0.2, 0.25) is 5.91 Å². The zero-order valence-corrected chi connectivity index (χ0v) is 14.3. The number of nitrogens with one attached hydrogen (secondary N) is 2. The molecule has 2 aromatic carbocycles. The van der Waals surface area contributed by atoms with Gasteiger partial charge in [-0.15, -0.1) is 0 Å². The lowest BCUT2D eigenvalue weighted by molar-refractivity contribution is -0.120. The first-order chi connectivity index (χ1) is 11.5. The molecule has 8 heteroatoms. The van der Waals surface area contributed by atoms with Gasteiger partial charge >= 0.3 is 0 Å². The second kappa shape index (κ2) is 6.70. The summed E-state index contributed by atoms with van der Waals surface area (Å²) in [5, 5.41) is 3.09. The van der Waals surface area contributed by atoms with E-state index in [0.29, 0.717) is 29.5 Å². The zero-order chi connectivity index (χ0) is 17.2. The number of para-hydroxylation sites is 2. The lowest BCUT2D eigenvalue weighted by Gasteiger charge is -2.30. The molecule has 126 valence electrons. The summed E-state index contributed by atoms with van der Waals surface area (Å²) in [5.74, 6) is -0.0891. The second-order valence-corrected chi connectivity index (χ2v) is 7.47. The smallest absolute Gasteiger partial charge is 0.262 e. The number of benzene rings is 2. The summed E-state index contributed by atoms with van der Waals surface area (Å²) in [6.45, 7) is 1.33. The maximum absolute atomic E-state index is 12.6. The summed E-state index contributed by atoms with van der Waals surface area (Å²) in [5.41, 5.74) is 1.09. The van der Waals surface area contributed by atoms with Crippen LogP contribution >= 0.6 is 11.6 Å². The zero-order valence-electron chi connectivity index (χ0n) is 12.7. The van der Waals surface area contributed by atoms with Gasteiger partial charge in [0.1, 0.15) is 0 Å². The van der Waals surface area contributed by atoms with Crippen LogP contribution in [0.2, 0.25) is 5.02 Å². The number of carbonyl (C=O) groups is 1. The molecule has 0 saturated carbocycles. The van der Waals surface area contributed by atoms with E-state index in [4.69, 9.17) is 11.6 Å². The first-order valence-corrected chi connectivity index (χ1v) is 9.21. The Balaban J connectivity index is 1.91. The van der Waals surface area contributed by atoms with Gasteiger partial charge in [0, 0.05) is 18.1 Å². The quantitative estimate of drug-likeness (QED) is 0.869. The summed E-state index contributed by atoms with van der Waals surface area (Å²) in [4.78, 5) is 13.5. The molecule has 0 spiro atoms. The number of hydrogen-bond acceptors (Lipinski definition) is 4. The van der Waals surface area contributed by atoms with Gasteiger partial charge in [-0.3, -0.25) is 9.52 Å². The molecular weight excluding hydrogens is 350 g/mol. The molecule has 1 aliphatic heterocycles. The van der Waals surface area contributed by atoms with Gasteiger partial charge in [-0.25, -0.2) is 8.42 Å². The van der Waals surface area contributed by atoms with Gasteiger partial charge in [-0.1, -0.05) is 29.8 Å². The third-order valence-corrected chi connectivity index (χ3v) is 5.23. The molecule has 0 unspecified atom stereocenters. The van der Waals surface area contributed by atoms with Crippen LogP contribution in [0.15, 0.2) is 53.4 Å². The lowest BCUT2D eigenvalue weighted by atomic mass is 10.2. The van der Waals surface area contributed by atoms with Crippen molar-refractivity contribution in [1.82, 2.24) is 5.32 Å². The van der Waals surface area contributed by atoms with Crippen molar-refractivity contribution in [1.29, 1.82) is 0 Å². The minimum atomic E-state index is -3.77. The molecule has 1 heterocycles. The first kappa shape index (κ1) is 16.6. The van der Waals surface area contributed by atoms with Crippen LogP contribution in [0.25, 0.3) is 0 Å². The predicted molar refractivity (Wildman–Crippen MR) is 93.9 cm³/mol. The van der Waals surface area contributed by atoms with E-state index in [0.717, 1.165) is 0 Å². The molecule has 0 atom stereocenters. The number of sulfonamides is 1. The summed E-state index contributed by atoms with van der Waals surface area (Å²) >= 11 is 5.88. The highest BCUT2D eigenvalue weighted by molar-refractivity contribution is 7.92. The van der Waals surface area contributed by atoms with Crippen LogP contribution in [0.5, 0.6) is 0 Å². The monoisotopic (exact) mass is 365 g/mol. The number of halogens is 1. The number of nitrogens with zero attached hydrogens (tertiary/aromatic N) is 1. The molecule has 1 fully saturated rings. The molecule has 3 rings (SSSR count). The van der Waals surface area contributed by atoms with E-state index in [1.807, 2.05) is 4.90 Å². The average Bonchev–Trinajstić information content (AvgIpc) is 2.55. The van der Waals surface area contributed by atoms with Crippen molar-refractivity contribution < 1.29 is 13.2 Å².